The lowest BCUT2D eigenvalue weighted by Gasteiger charge is -2.37. The van der Waals surface area contributed by atoms with Crippen LogP contribution in [0.3, 0.4) is 0 Å². The number of hydrogen-bond donors (Lipinski definition) is 2. The van der Waals surface area contributed by atoms with Gasteiger partial charge in [-0.05, 0) is 45.0 Å². The molecule has 2 aromatic carbocycles. The lowest BCUT2D eigenvalue weighted by Crippen LogP contribution is -2.41. The zero-order chi connectivity index (χ0) is 24.0. The first-order valence-corrected chi connectivity index (χ1v) is 12.9. The molecule has 0 saturated carbocycles. The number of amides is 1. The molecule has 1 aliphatic heterocycles. The van der Waals surface area contributed by atoms with Crippen molar-refractivity contribution in [3.8, 4) is 5.75 Å². The predicted octanol–water partition coefficient (Wildman–Crippen LogP) is 4.99. The lowest BCUT2D eigenvalue weighted by molar-refractivity contribution is 0.0701. The number of aryl methyl sites for hydroxylation is 1. The third-order valence-electron chi connectivity index (χ3n) is 4.95. The van der Waals surface area contributed by atoms with E-state index in [1.54, 1.807) is 0 Å². The van der Waals surface area contributed by atoms with Gasteiger partial charge in [0.15, 0.2) is 0 Å². The van der Waals surface area contributed by atoms with Crippen LogP contribution in [-0.4, -0.2) is 30.1 Å². The number of carbonyl (C=O) groups excluding carboxylic acids is 1. The predicted molar refractivity (Wildman–Crippen MR) is 128 cm³/mol. The number of rotatable bonds is 5. The van der Waals surface area contributed by atoms with Crippen LogP contribution in [0.5, 0.6) is 5.75 Å². The molecule has 174 valence electrons. The third kappa shape index (κ3) is 5.30. The Balaban J connectivity index is 1.55. The number of nitrogens with zero attached hydrogens (tertiary/aromatic N) is 2. The summed E-state index contributed by atoms with van der Waals surface area (Å²) >= 11 is 12.7. The van der Waals surface area contributed by atoms with Crippen LogP contribution in [0.15, 0.2) is 40.7 Å². The first kappa shape index (κ1) is 23.9. The molecule has 1 amide bonds. The molecule has 0 radical (unpaired) electrons. The van der Waals surface area contributed by atoms with Crippen molar-refractivity contribution in [2.24, 2.45) is 0 Å². The number of halogens is 2. The van der Waals surface area contributed by atoms with E-state index < -0.39 is 27.6 Å². The second-order valence-corrected chi connectivity index (χ2v) is 11.9. The van der Waals surface area contributed by atoms with Gasteiger partial charge in [0.1, 0.15) is 11.4 Å². The number of aromatic nitrogens is 2. The van der Waals surface area contributed by atoms with E-state index in [9.17, 15) is 13.2 Å². The van der Waals surface area contributed by atoms with Gasteiger partial charge in [-0.1, -0.05) is 52.2 Å². The normalized spacial score (nSPS) is 17.2. The van der Waals surface area contributed by atoms with E-state index in [2.05, 4.69) is 20.2 Å². The minimum atomic E-state index is -4.01. The van der Waals surface area contributed by atoms with Gasteiger partial charge < -0.3 is 4.74 Å². The summed E-state index contributed by atoms with van der Waals surface area (Å²) in [7, 11) is -4.01. The molecule has 4 rings (SSSR count). The Hall–Kier alpha value is -2.24. The highest BCUT2D eigenvalue weighted by Crippen LogP contribution is 2.40. The Labute approximate surface area is 205 Å². The highest BCUT2D eigenvalue weighted by molar-refractivity contribution is 7.91. The first-order chi connectivity index (χ1) is 15.4. The fourth-order valence-electron chi connectivity index (χ4n) is 3.52. The Kier molecular flexibility index (Phi) is 6.41. The van der Waals surface area contributed by atoms with Crippen LogP contribution in [0.1, 0.15) is 47.8 Å². The van der Waals surface area contributed by atoms with Crippen molar-refractivity contribution < 1.29 is 17.9 Å². The molecule has 0 unspecified atom stereocenters. The molecule has 3 aromatic rings. The van der Waals surface area contributed by atoms with E-state index >= 15 is 0 Å². The van der Waals surface area contributed by atoms with E-state index in [-0.39, 0.29) is 20.1 Å². The maximum atomic E-state index is 13.1. The van der Waals surface area contributed by atoms with Crippen molar-refractivity contribution >= 4 is 55.6 Å². The second-order valence-electron chi connectivity index (χ2n) is 8.23. The van der Waals surface area contributed by atoms with Gasteiger partial charge in [0, 0.05) is 17.0 Å². The average molecular weight is 527 g/mol. The Morgan fingerprint density at radius 1 is 1.18 bits per heavy atom. The van der Waals surface area contributed by atoms with E-state index in [1.807, 2.05) is 39.0 Å². The minimum absolute atomic E-state index is 0.0231. The Morgan fingerprint density at radius 3 is 2.67 bits per heavy atom. The molecule has 0 spiro atoms. The first-order valence-electron chi connectivity index (χ1n) is 9.85. The molecule has 2 heterocycles. The van der Waals surface area contributed by atoms with Gasteiger partial charge in [0.05, 0.1) is 16.6 Å². The summed E-state index contributed by atoms with van der Waals surface area (Å²) in [5.74, 6) is 0.0786. The van der Waals surface area contributed by atoms with Crippen molar-refractivity contribution in [2.75, 3.05) is 5.32 Å². The van der Waals surface area contributed by atoms with Crippen molar-refractivity contribution in [1.82, 2.24) is 14.9 Å². The summed E-state index contributed by atoms with van der Waals surface area (Å²) in [4.78, 5) is 12.5. The van der Waals surface area contributed by atoms with Crippen molar-refractivity contribution in [2.45, 2.75) is 43.2 Å². The van der Waals surface area contributed by atoms with Crippen molar-refractivity contribution in [1.29, 1.82) is 0 Å². The number of fused-ring (bicyclic) bond motifs is 1. The molecule has 0 fully saturated rings. The zero-order valence-corrected chi connectivity index (χ0v) is 21.0. The molecular weight excluding hydrogens is 507 g/mol. The Morgan fingerprint density at radius 2 is 1.94 bits per heavy atom. The van der Waals surface area contributed by atoms with Gasteiger partial charge in [-0.2, -0.15) is 0 Å². The smallest absolute Gasteiger partial charge is 0.270 e. The molecule has 8 nitrogen and oxygen atoms in total. The van der Waals surface area contributed by atoms with Crippen LogP contribution in [0, 0.1) is 6.92 Å². The quantitative estimate of drug-likeness (QED) is 0.453. The van der Waals surface area contributed by atoms with Gasteiger partial charge in [-0.3, -0.25) is 10.1 Å². The van der Waals surface area contributed by atoms with Gasteiger partial charge in [0.2, 0.25) is 9.47 Å². The van der Waals surface area contributed by atoms with Gasteiger partial charge in [-0.25, -0.2) is 13.1 Å². The summed E-state index contributed by atoms with van der Waals surface area (Å²) in [6, 6.07) is 9.57. The summed E-state index contributed by atoms with van der Waals surface area (Å²) in [5, 5.41) is 10.7. The summed E-state index contributed by atoms with van der Waals surface area (Å²) in [5.41, 5.74) is 1.36. The summed E-state index contributed by atoms with van der Waals surface area (Å²) in [6.07, 6.45) is 0.431. The Bertz CT molecular complexity index is 1340. The maximum Gasteiger partial charge on any atom is 0.270 e. The van der Waals surface area contributed by atoms with Crippen LogP contribution in [0.4, 0.5) is 5.13 Å². The van der Waals surface area contributed by atoms with Crippen LogP contribution in [-0.2, 0) is 10.0 Å². The molecular formula is C21H20Cl2N4O4S2. The molecule has 2 N–H and O–H groups in total. The molecule has 0 saturated heterocycles. The number of carbonyl (C=O) groups is 1. The summed E-state index contributed by atoms with van der Waals surface area (Å²) in [6.45, 7) is 5.73. The number of benzene rings is 2. The van der Waals surface area contributed by atoms with Crippen LogP contribution in [0.2, 0.25) is 10.0 Å². The van der Waals surface area contributed by atoms with Crippen molar-refractivity contribution in [3.05, 3.63) is 63.1 Å². The average Bonchev–Trinajstić information content (AvgIpc) is 3.17. The number of ether oxygens (including phenoxy) is 1. The number of nitrogens with one attached hydrogen (secondary N) is 2. The standard InChI is InChI=1S/C21H20Cl2N4O4S2/c1-11-4-7-17-14(8-11)16(10-21(2,3)31-17)27-33(29,30)20-26-25-19(32-20)24-18(28)13-6-5-12(22)9-15(13)23/h4-9,16,27H,10H2,1-3H3,(H,24,25,28)/t16-/m1/s1. The molecule has 12 heteroatoms. The largest absolute Gasteiger partial charge is 0.487 e. The molecule has 33 heavy (non-hydrogen) atoms. The fraction of sp³-hybridized carbons (Fsp3) is 0.286. The highest BCUT2D eigenvalue weighted by atomic mass is 35.5. The minimum Gasteiger partial charge on any atom is -0.487 e. The van der Waals surface area contributed by atoms with Crippen LogP contribution >= 0.6 is 34.5 Å². The topological polar surface area (TPSA) is 110 Å². The highest BCUT2D eigenvalue weighted by Gasteiger charge is 2.37. The summed E-state index contributed by atoms with van der Waals surface area (Å²) < 4.78 is 34.6. The second kappa shape index (κ2) is 8.84. The van der Waals surface area contributed by atoms with Crippen LogP contribution in [0.25, 0.3) is 0 Å². The van der Waals surface area contributed by atoms with Gasteiger partial charge in [-0.15, -0.1) is 10.2 Å². The maximum absolute atomic E-state index is 13.1. The lowest BCUT2D eigenvalue weighted by atomic mass is 9.89. The van der Waals surface area contributed by atoms with Crippen molar-refractivity contribution in [3.63, 3.8) is 0 Å². The molecule has 0 bridgehead atoms. The number of hydrogen-bond acceptors (Lipinski definition) is 7. The van der Waals surface area contributed by atoms with E-state index in [4.69, 9.17) is 27.9 Å². The molecule has 0 aliphatic carbocycles. The van der Waals surface area contributed by atoms with Gasteiger partial charge in [0.25, 0.3) is 15.9 Å². The molecule has 1 aliphatic rings. The zero-order valence-electron chi connectivity index (χ0n) is 17.8. The number of sulfonamides is 1. The molecule has 1 aromatic heterocycles. The SMILES string of the molecule is Cc1ccc2c(c1)[C@H](NS(=O)(=O)c1nnc(NC(=O)c3ccc(Cl)cc3Cl)s1)CC(C)(C)O2. The third-order valence-corrected chi connectivity index (χ3v) is 8.18. The van der Waals surface area contributed by atoms with Crippen LogP contribution < -0.4 is 14.8 Å². The van der Waals surface area contributed by atoms with E-state index in [0.717, 1.165) is 22.5 Å². The fourth-order valence-corrected chi connectivity index (χ4v) is 6.14. The molecule has 1 atom stereocenters. The monoisotopic (exact) mass is 526 g/mol. The number of anilines is 1. The van der Waals surface area contributed by atoms with Gasteiger partial charge >= 0.3 is 0 Å². The van der Waals surface area contributed by atoms with E-state index in [0.29, 0.717) is 17.2 Å². The van der Waals surface area contributed by atoms with E-state index in [1.165, 1.54) is 18.2 Å².